The van der Waals surface area contributed by atoms with E-state index in [0.29, 0.717) is 0 Å². The molecule has 4 heteroatoms. The van der Waals surface area contributed by atoms with Gasteiger partial charge in [-0.2, -0.15) is 0 Å². The number of carboxylic acid groups (broad SMARTS) is 1. The van der Waals surface area contributed by atoms with Crippen LogP contribution >= 0.6 is 0 Å². The second kappa shape index (κ2) is 3.00. The largest absolute Gasteiger partial charge is 0.481 e. The highest BCUT2D eigenvalue weighted by Crippen LogP contribution is 2.21. The Kier molecular flexibility index (Phi) is 2.24. The number of aliphatic hydroxyl groups excluding tert-OH is 1. The van der Waals surface area contributed by atoms with Crippen molar-refractivity contribution in [1.29, 1.82) is 0 Å². The van der Waals surface area contributed by atoms with Crippen LogP contribution in [-0.4, -0.2) is 28.1 Å². The van der Waals surface area contributed by atoms with Gasteiger partial charge >= 0.3 is 5.97 Å². The van der Waals surface area contributed by atoms with E-state index < -0.39 is 18.0 Å². The Morgan fingerprint density at radius 1 is 1.45 bits per heavy atom. The summed E-state index contributed by atoms with van der Waals surface area (Å²) in [6, 6.07) is 0. The number of aliphatic hydroxyl groups is 1. The number of carboxylic acids is 1. The van der Waals surface area contributed by atoms with Crippen LogP contribution in [0, 0.1) is 5.92 Å². The summed E-state index contributed by atoms with van der Waals surface area (Å²) in [5.41, 5.74) is 0. The van der Waals surface area contributed by atoms with Crippen LogP contribution in [0.1, 0.15) is 19.3 Å². The molecule has 2 atom stereocenters. The quantitative estimate of drug-likeness (QED) is 0.554. The average Bonchev–Trinajstić information content (AvgIpc) is 1.85. The standard InChI is InChI=1S/C7H10O4/c8-5-1-4(7(10)11)2-6(9)3-5/h4-5,8H,1-3H2,(H,10,11). The molecule has 0 spiro atoms. The van der Waals surface area contributed by atoms with Gasteiger partial charge in [0, 0.05) is 12.8 Å². The first kappa shape index (κ1) is 8.20. The fourth-order valence-electron chi connectivity index (χ4n) is 1.30. The summed E-state index contributed by atoms with van der Waals surface area (Å²) in [6.45, 7) is 0. The molecule has 1 saturated carbocycles. The third kappa shape index (κ3) is 2.01. The number of hydrogen-bond acceptors (Lipinski definition) is 3. The minimum absolute atomic E-state index is 0.0758. The van der Waals surface area contributed by atoms with Gasteiger partial charge in [-0.3, -0.25) is 9.59 Å². The maximum atomic E-state index is 10.8. The van der Waals surface area contributed by atoms with Crippen LogP contribution in [0.15, 0.2) is 0 Å². The lowest BCUT2D eigenvalue weighted by atomic mass is 9.86. The van der Waals surface area contributed by atoms with Crippen molar-refractivity contribution in [3.63, 3.8) is 0 Å². The summed E-state index contributed by atoms with van der Waals surface area (Å²) >= 11 is 0. The van der Waals surface area contributed by atoms with Crippen molar-refractivity contribution in [2.45, 2.75) is 25.4 Å². The molecule has 0 aromatic carbocycles. The maximum Gasteiger partial charge on any atom is 0.307 e. The third-order valence-corrected chi connectivity index (χ3v) is 1.84. The molecule has 2 N–H and O–H groups in total. The molecule has 1 aliphatic rings. The van der Waals surface area contributed by atoms with Crippen molar-refractivity contribution >= 4 is 11.8 Å². The van der Waals surface area contributed by atoms with Crippen LogP contribution in [0.3, 0.4) is 0 Å². The molecule has 1 fully saturated rings. The van der Waals surface area contributed by atoms with Crippen molar-refractivity contribution in [3.05, 3.63) is 0 Å². The van der Waals surface area contributed by atoms with E-state index in [4.69, 9.17) is 10.2 Å². The summed E-state index contributed by atoms with van der Waals surface area (Å²) in [5.74, 6) is -1.82. The summed E-state index contributed by atoms with van der Waals surface area (Å²) in [4.78, 5) is 21.1. The van der Waals surface area contributed by atoms with Gasteiger partial charge < -0.3 is 10.2 Å². The number of hydrogen-bond donors (Lipinski definition) is 2. The second-order valence-electron chi connectivity index (χ2n) is 2.87. The average molecular weight is 158 g/mol. The van der Waals surface area contributed by atoms with Crippen LogP contribution in [-0.2, 0) is 9.59 Å². The summed E-state index contributed by atoms with van der Waals surface area (Å²) in [5, 5.41) is 17.5. The van der Waals surface area contributed by atoms with Gasteiger partial charge in [0.25, 0.3) is 0 Å². The van der Waals surface area contributed by atoms with E-state index in [2.05, 4.69) is 0 Å². The van der Waals surface area contributed by atoms with E-state index in [0.717, 1.165) is 0 Å². The zero-order valence-electron chi connectivity index (χ0n) is 5.99. The minimum atomic E-state index is -0.989. The second-order valence-corrected chi connectivity index (χ2v) is 2.87. The van der Waals surface area contributed by atoms with E-state index in [1.165, 1.54) is 0 Å². The van der Waals surface area contributed by atoms with E-state index in [9.17, 15) is 9.59 Å². The first-order chi connectivity index (χ1) is 5.09. The Balaban J connectivity index is 2.56. The van der Waals surface area contributed by atoms with Crippen LogP contribution < -0.4 is 0 Å². The van der Waals surface area contributed by atoms with Crippen LogP contribution in [0.25, 0.3) is 0 Å². The lowest BCUT2D eigenvalue weighted by molar-refractivity contribution is -0.147. The highest BCUT2D eigenvalue weighted by molar-refractivity contribution is 5.85. The zero-order chi connectivity index (χ0) is 8.43. The zero-order valence-corrected chi connectivity index (χ0v) is 5.99. The monoisotopic (exact) mass is 158 g/mol. The fraction of sp³-hybridized carbons (Fsp3) is 0.714. The molecule has 0 radical (unpaired) electrons. The van der Waals surface area contributed by atoms with E-state index >= 15 is 0 Å². The van der Waals surface area contributed by atoms with Crippen LogP contribution in [0.5, 0.6) is 0 Å². The van der Waals surface area contributed by atoms with Crippen molar-refractivity contribution in [2.75, 3.05) is 0 Å². The van der Waals surface area contributed by atoms with Gasteiger partial charge in [0.2, 0.25) is 0 Å². The number of aliphatic carboxylic acids is 1. The van der Waals surface area contributed by atoms with Crippen molar-refractivity contribution in [1.82, 2.24) is 0 Å². The lowest BCUT2D eigenvalue weighted by Gasteiger charge is -2.21. The van der Waals surface area contributed by atoms with E-state index in [-0.39, 0.29) is 25.0 Å². The molecule has 11 heavy (non-hydrogen) atoms. The fourth-order valence-corrected chi connectivity index (χ4v) is 1.30. The van der Waals surface area contributed by atoms with E-state index in [1.807, 2.05) is 0 Å². The lowest BCUT2D eigenvalue weighted by Crippen LogP contribution is -2.30. The van der Waals surface area contributed by atoms with Gasteiger partial charge in [0.15, 0.2) is 0 Å². The molecule has 0 saturated heterocycles. The SMILES string of the molecule is O=C1CC(O)CC(C(=O)O)C1. The molecule has 0 aliphatic heterocycles. The van der Waals surface area contributed by atoms with Gasteiger partial charge in [-0.1, -0.05) is 0 Å². The number of Topliss-reactive ketones (excluding diaryl/α,β-unsaturated/α-hetero) is 1. The molecular formula is C7H10O4. The molecular weight excluding hydrogens is 148 g/mol. The van der Waals surface area contributed by atoms with E-state index in [1.54, 1.807) is 0 Å². The predicted octanol–water partition coefficient (Wildman–Crippen LogP) is -0.199. The van der Waals surface area contributed by atoms with Gasteiger partial charge in [0.05, 0.1) is 12.0 Å². The molecule has 2 unspecified atom stereocenters. The molecule has 62 valence electrons. The summed E-state index contributed by atoms with van der Waals surface area (Å²) in [7, 11) is 0. The molecule has 0 heterocycles. The minimum Gasteiger partial charge on any atom is -0.481 e. The van der Waals surface area contributed by atoms with Gasteiger partial charge in [0.1, 0.15) is 5.78 Å². The highest BCUT2D eigenvalue weighted by atomic mass is 16.4. The van der Waals surface area contributed by atoms with Gasteiger partial charge in [-0.15, -0.1) is 0 Å². The predicted molar refractivity (Wildman–Crippen MR) is 36.0 cm³/mol. The maximum absolute atomic E-state index is 10.8. The molecule has 0 bridgehead atoms. The number of ketones is 1. The first-order valence-electron chi connectivity index (χ1n) is 3.52. The van der Waals surface area contributed by atoms with Gasteiger partial charge in [-0.25, -0.2) is 0 Å². The van der Waals surface area contributed by atoms with Gasteiger partial charge in [-0.05, 0) is 6.42 Å². The highest BCUT2D eigenvalue weighted by Gasteiger charge is 2.30. The summed E-state index contributed by atoms with van der Waals surface area (Å²) < 4.78 is 0. The Morgan fingerprint density at radius 3 is 2.55 bits per heavy atom. The van der Waals surface area contributed by atoms with Crippen molar-refractivity contribution < 1.29 is 19.8 Å². The third-order valence-electron chi connectivity index (χ3n) is 1.84. The van der Waals surface area contributed by atoms with Crippen LogP contribution in [0.4, 0.5) is 0 Å². The summed E-state index contributed by atoms with van der Waals surface area (Å²) in [6.07, 6.45) is -0.352. The molecule has 1 aliphatic carbocycles. The number of rotatable bonds is 1. The Bertz CT molecular complexity index is 187. The topological polar surface area (TPSA) is 74.6 Å². The molecule has 0 aromatic rings. The normalized spacial score (nSPS) is 31.9. The molecule has 0 amide bonds. The molecule has 4 nitrogen and oxygen atoms in total. The van der Waals surface area contributed by atoms with Crippen molar-refractivity contribution in [2.24, 2.45) is 5.92 Å². The molecule has 0 aromatic heterocycles. The first-order valence-corrected chi connectivity index (χ1v) is 3.52. The Labute approximate surface area is 63.8 Å². The Morgan fingerprint density at radius 2 is 2.09 bits per heavy atom. The van der Waals surface area contributed by atoms with Crippen LogP contribution in [0.2, 0.25) is 0 Å². The van der Waals surface area contributed by atoms with Crippen molar-refractivity contribution in [3.8, 4) is 0 Å². The Hall–Kier alpha value is -0.900. The number of carbonyl (C=O) groups excluding carboxylic acids is 1. The molecule has 1 rings (SSSR count). The number of carbonyl (C=O) groups is 2. The smallest absolute Gasteiger partial charge is 0.307 e.